The SMILES string of the molecule is O=C(CSc1nnc(-c2ccc(F)cc2)n1-c1ccccc1)NCCC(=O)NC1CCCC1. The number of hydrogen-bond acceptors (Lipinski definition) is 5. The molecule has 0 spiro atoms. The monoisotopic (exact) mass is 467 g/mol. The molecule has 0 radical (unpaired) electrons. The highest BCUT2D eigenvalue weighted by atomic mass is 32.2. The van der Waals surface area contributed by atoms with E-state index in [0.29, 0.717) is 17.5 Å². The average Bonchev–Trinajstić information content (AvgIpc) is 3.49. The first kappa shape index (κ1) is 23.0. The first-order valence-corrected chi connectivity index (χ1v) is 12.0. The van der Waals surface area contributed by atoms with Crippen LogP contribution in [0.5, 0.6) is 0 Å². The van der Waals surface area contributed by atoms with E-state index in [1.54, 1.807) is 12.1 Å². The fraction of sp³-hybridized carbons (Fsp3) is 0.333. The Morgan fingerprint density at radius 3 is 2.45 bits per heavy atom. The second-order valence-electron chi connectivity index (χ2n) is 7.92. The van der Waals surface area contributed by atoms with Gasteiger partial charge in [-0.25, -0.2) is 4.39 Å². The summed E-state index contributed by atoms with van der Waals surface area (Å²) in [6.07, 6.45) is 4.67. The van der Waals surface area contributed by atoms with Crippen molar-refractivity contribution in [1.82, 2.24) is 25.4 Å². The van der Waals surface area contributed by atoms with E-state index in [9.17, 15) is 14.0 Å². The zero-order valence-electron chi connectivity index (χ0n) is 18.2. The third-order valence-electron chi connectivity index (χ3n) is 5.48. The molecule has 1 fully saturated rings. The molecule has 0 aliphatic heterocycles. The number of amides is 2. The van der Waals surface area contributed by atoms with Gasteiger partial charge in [0.15, 0.2) is 11.0 Å². The highest BCUT2D eigenvalue weighted by Crippen LogP contribution is 2.28. The number of halogens is 1. The minimum Gasteiger partial charge on any atom is -0.355 e. The molecule has 0 atom stereocenters. The normalized spacial score (nSPS) is 13.7. The van der Waals surface area contributed by atoms with Crippen LogP contribution < -0.4 is 10.6 Å². The summed E-state index contributed by atoms with van der Waals surface area (Å²) < 4.78 is 15.2. The molecule has 2 aromatic carbocycles. The summed E-state index contributed by atoms with van der Waals surface area (Å²) in [6.45, 7) is 0.296. The van der Waals surface area contributed by atoms with Crippen molar-refractivity contribution in [3.63, 3.8) is 0 Å². The number of nitrogens with one attached hydrogen (secondary N) is 2. The molecule has 1 heterocycles. The maximum absolute atomic E-state index is 13.4. The van der Waals surface area contributed by atoms with Gasteiger partial charge in [-0.2, -0.15) is 0 Å². The lowest BCUT2D eigenvalue weighted by Crippen LogP contribution is -2.36. The van der Waals surface area contributed by atoms with E-state index in [2.05, 4.69) is 20.8 Å². The molecule has 1 saturated carbocycles. The van der Waals surface area contributed by atoms with Gasteiger partial charge in [-0.1, -0.05) is 42.8 Å². The Hall–Kier alpha value is -3.20. The van der Waals surface area contributed by atoms with E-state index in [4.69, 9.17) is 0 Å². The van der Waals surface area contributed by atoms with E-state index in [0.717, 1.165) is 36.9 Å². The molecular weight excluding hydrogens is 441 g/mol. The Kier molecular flexibility index (Phi) is 7.72. The van der Waals surface area contributed by atoms with Gasteiger partial charge in [-0.15, -0.1) is 10.2 Å². The second kappa shape index (κ2) is 11.1. The predicted octanol–water partition coefficient (Wildman–Crippen LogP) is 3.73. The molecule has 172 valence electrons. The van der Waals surface area contributed by atoms with Crippen molar-refractivity contribution in [2.45, 2.75) is 43.3 Å². The lowest BCUT2D eigenvalue weighted by molar-refractivity contribution is -0.122. The van der Waals surface area contributed by atoms with Crippen LogP contribution in [0.1, 0.15) is 32.1 Å². The molecule has 1 aliphatic carbocycles. The quantitative estimate of drug-likeness (QED) is 0.468. The van der Waals surface area contributed by atoms with Crippen molar-refractivity contribution in [2.75, 3.05) is 12.3 Å². The Morgan fingerprint density at radius 2 is 1.73 bits per heavy atom. The summed E-state index contributed by atoms with van der Waals surface area (Å²) in [7, 11) is 0. The molecule has 2 N–H and O–H groups in total. The number of benzene rings is 2. The molecular formula is C24H26FN5O2S. The Morgan fingerprint density at radius 1 is 1.00 bits per heavy atom. The van der Waals surface area contributed by atoms with Gasteiger partial charge in [0.25, 0.3) is 0 Å². The number of para-hydroxylation sites is 1. The van der Waals surface area contributed by atoms with Crippen LogP contribution >= 0.6 is 11.8 Å². The fourth-order valence-corrected chi connectivity index (χ4v) is 4.61. The topological polar surface area (TPSA) is 88.9 Å². The molecule has 0 unspecified atom stereocenters. The molecule has 9 heteroatoms. The Bertz CT molecular complexity index is 1080. The lowest BCUT2D eigenvalue weighted by atomic mass is 10.2. The standard InChI is InChI=1S/C24H26FN5O2S/c25-18-12-10-17(11-13-18)23-28-29-24(30(23)20-8-2-1-3-9-20)33-16-22(32)26-15-14-21(31)27-19-6-4-5-7-19/h1-3,8-13,19H,4-7,14-16H2,(H,26,32)(H,27,31). The maximum Gasteiger partial charge on any atom is 0.230 e. The summed E-state index contributed by atoms with van der Waals surface area (Å²) in [5, 5.41) is 14.9. The smallest absolute Gasteiger partial charge is 0.230 e. The first-order valence-electron chi connectivity index (χ1n) is 11.1. The number of carbonyl (C=O) groups is 2. The molecule has 3 aromatic rings. The predicted molar refractivity (Wildman–Crippen MR) is 126 cm³/mol. The second-order valence-corrected chi connectivity index (χ2v) is 8.86. The summed E-state index contributed by atoms with van der Waals surface area (Å²) in [4.78, 5) is 24.3. The number of nitrogens with zero attached hydrogens (tertiary/aromatic N) is 3. The van der Waals surface area contributed by atoms with Gasteiger partial charge in [-0.3, -0.25) is 14.2 Å². The van der Waals surface area contributed by atoms with Gasteiger partial charge in [0.05, 0.1) is 5.75 Å². The van der Waals surface area contributed by atoms with E-state index in [1.165, 1.54) is 23.9 Å². The fourth-order valence-electron chi connectivity index (χ4n) is 3.83. The number of hydrogen-bond donors (Lipinski definition) is 2. The molecule has 1 aromatic heterocycles. The van der Waals surface area contributed by atoms with Crippen LogP contribution in [0.3, 0.4) is 0 Å². The third kappa shape index (κ3) is 6.19. The molecule has 2 amide bonds. The Balaban J connectivity index is 1.37. The van der Waals surface area contributed by atoms with Crippen molar-refractivity contribution in [1.29, 1.82) is 0 Å². The number of carbonyl (C=O) groups excluding carboxylic acids is 2. The van der Waals surface area contributed by atoms with Crippen molar-refractivity contribution in [3.05, 3.63) is 60.4 Å². The molecule has 33 heavy (non-hydrogen) atoms. The van der Waals surface area contributed by atoms with Crippen molar-refractivity contribution >= 4 is 23.6 Å². The third-order valence-corrected chi connectivity index (χ3v) is 6.41. The van der Waals surface area contributed by atoms with E-state index >= 15 is 0 Å². The van der Waals surface area contributed by atoms with Crippen LogP contribution in [0.2, 0.25) is 0 Å². The summed E-state index contributed by atoms with van der Waals surface area (Å²) in [6, 6.07) is 15.9. The zero-order valence-corrected chi connectivity index (χ0v) is 19.0. The van der Waals surface area contributed by atoms with Gasteiger partial charge in [0.1, 0.15) is 5.82 Å². The summed E-state index contributed by atoms with van der Waals surface area (Å²) in [5.74, 6) is 0.168. The van der Waals surface area contributed by atoms with Crippen molar-refractivity contribution in [2.24, 2.45) is 0 Å². The van der Waals surface area contributed by atoms with Crippen molar-refractivity contribution in [3.8, 4) is 17.1 Å². The average molecular weight is 468 g/mol. The van der Waals surface area contributed by atoms with Crippen LogP contribution in [-0.4, -0.2) is 44.9 Å². The van der Waals surface area contributed by atoms with Crippen molar-refractivity contribution < 1.29 is 14.0 Å². The number of rotatable bonds is 9. The van der Waals surface area contributed by atoms with Gasteiger partial charge >= 0.3 is 0 Å². The molecule has 4 rings (SSSR count). The molecule has 0 bridgehead atoms. The highest BCUT2D eigenvalue weighted by molar-refractivity contribution is 7.99. The Labute approximate surface area is 196 Å². The zero-order chi connectivity index (χ0) is 23.0. The van der Waals surface area contributed by atoms with Gasteiger partial charge in [-0.05, 0) is 49.2 Å². The van der Waals surface area contributed by atoms with E-state index in [1.807, 2.05) is 34.9 Å². The van der Waals surface area contributed by atoms with Gasteiger partial charge in [0, 0.05) is 30.3 Å². The van der Waals surface area contributed by atoms with Gasteiger partial charge in [0.2, 0.25) is 11.8 Å². The summed E-state index contributed by atoms with van der Waals surface area (Å²) >= 11 is 1.26. The lowest BCUT2D eigenvalue weighted by Gasteiger charge is -2.12. The molecule has 1 aliphatic rings. The summed E-state index contributed by atoms with van der Waals surface area (Å²) in [5.41, 5.74) is 1.56. The number of aromatic nitrogens is 3. The maximum atomic E-state index is 13.4. The highest BCUT2D eigenvalue weighted by Gasteiger charge is 2.18. The first-order chi connectivity index (χ1) is 16.1. The van der Waals surface area contributed by atoms with Crippen LogP contribution in [0.4, 0.5) is 4.39 Å². The largest absolute Gasteiger partial charge is 0.355 e. The van der Waals surface area contributed by atoms with Crippen LogP contribution in [0.25, 0.3) is 17.1 Å². The van der Waals surface area contributed by atoms with Crippen LogP contribution in [0.15, 0.2) is 59.8 Å². The minimum absolute atomic E-state index is 0.0254. The minimum atomic E-state index is -0.326. The van der Waals surface area contributed by atoms with Crippen LogP contribution in [0, 0.1) is 5.82 Å². The van der Waals surface area contributed by atoms with Gasteiger partial charge < -0.3 is 10.6 Å². The number of thioether (sulfide) groups is 1. The molecule has 7 nitrogen and oxygen atoms in total. The van der Waals surface area contributed by atoms with Crippen LogP contribution in [-0.2, 0) is 9.59 Å². The molecule has 0 saturated heterocycles. The van der Waals surface area contributed by atoms with E-state index < -0.39 is 0 Å². The van der Waals surface area contributed by atoms with E-state index in [-0.39, 0.29) is 35.8 Å².